The number of rotatable bonds is 6. The van der Waals surface area contributed by atoms with E-state index in [-0.39, 0.29) is 0 Å². The first-order valence-electron chi connectivity index (χ1n) is 6.65. The Labute approximate surface area is 114 Å². The Kier molecular flexibility index (Phi) is 4.58. The molecule has 4 heteroatoms. The zero-order valence-electron chi connectivity index (χ0n) is 11.8. The average molecular weight is 259 g/mol. The average Bonchev–Trinajstić information content (AvgIpc) is 2.88. The van der Waals surface area contributed by atoms with Gasteiger partial charge in [-0.3, -0.25) is 0 Å². The summed E-state index contributed by atoms with van der Waals surface area (Å²) in [4.78, 5) is 0. The zero-order chi connectivity index (χ0) is 13.7. The molecule has 0 fully saturated rings. The second-order valence-electron chi connectivity index (χ2n) is 4.58. The molecule has 1 N–H and O–H groups in total. The molecule has 2 aromatic rings. The van der Waals surface area contributed by atoms with E-state index in [4.69, 9.17) is 4.74 Å². The van der Waals surface area contributed by atoms with E-state index >= 15 is 0 Å². The first-order chi connectivity index (χ1) is 9.24. The Balaban J connectivity index is 2.11. The van der Waals surface area contributed by atoms with Crippen molar-refractivity contribution in [1.29, 1.82) is 0 Å². The molecule has 0 amide bonds. The van der Waals surface area contributed by atoms with Crippen LogP contribution in [0.5, 0.6) is 5.75 Å². The largest absolute Gasteiger partial charge is 0.496 e. The number of aryl methyl sites for hydroxylation is 1. The SMILES string of the molecule is CCCNCc1ccn(-c2ccc(OC)c(C)c2)n1. The van der Waals surface area contributed by atoms with Crippen molar-refractivity contribution in [1.82, 2.24) is 15.1 Å². The minimum absolute atomic E-state index is 0.815. The third kappa shape index (κ3) is 3.35. The van der Waals surface area contributed by atoms with E-state index in [0.717, 1.165) is 42.2 Å². The maximum absolute atomic E-state index is 5.27. The summed E-state index contributed by atoms with van der Waals surface area (Å²) in [7, 11) is 1.69. The van der Waals surface area contributed by atoms with Gasteiger partial charge in [0.2, 0.25) is 0 Å². The minimum Gasteiger partial charge on any atom is -0.496 e. The van der Waals surface area contributed by atoms with Crippen molar-refractivity contribution >= 4 is 0 Å². The van der Waals surface area contributed by atoms with Gasteiger partial charge < -0.3 is 10.1 Å². The first-order valence-corrected chi connectivity index (χ1v) is 6.65. The molecule has 1 aromatic heterocycles. The van der Waals surface area contributed by atoms with Gasteiger partial charge >= 0.3 is 0 Å². The van der Waals surface area contributed by atoms with E-state index in [1.165, 1.54) is 0 Å². The quantitative estimate of drug-likeness (QED) is 0.811. The highest BCUT2D eigenvalue weighted by atomic mass is 16.5. The zero-order valence-corrected chi connectivity index (χ0v) is 11.8. The smallest absolute Gasteiger partial charge is 0.121 e. The van der Waals surface area contributed by atoms with Crippen LogP contribution >= 0.6 is 0 Å². The van der Waals surface area contributed by atoms with E-state index in [2.05, 4.69) is 23.4 Å². The summed E-state index contributed by atoms with van der Waals surface area (Å²) < 4.78 is 7.17. The van der Waals surface area contributed by atoms with Crippen molar-refractivity contribution in [2.75, 3.05) is 13.7 Å². The summed E-state index contributed by atoms with van der Waals surface area (Å²) in [6.45, 7) is 6.03. The Hall–Kier alpha value is -1.81. The van der Waals surface area contributed by atoms with Crippen LogP contribution < -0.4 is 10.1 Å². The molecule has 1 heterocycles. The van der Waals surface area contributed by atoms with E-state index in [1.807, 2.05) is 36.0 Å². The fourth-order valence-electron chi connectivity index (χ4n) is 2.00. The van der Waals surface area contributed by atoms with Gasteiger partial charge in [0, 0.05) is 12.7 Å². The van der Waals surface area contributed by atoms with E-state index < -0.39 is 0 Å². The van der Waals surface area contributed by atoms with Gasteiger partial charge in [-0.25, -0.2) is 4.68 Å². The molecule has 0 saturated heterocycles. The molecule has 0 radical (unpaired) electrons. The van der Waals surface area contributed by atoms with Gasteiger partial charge in [0.25, 0.3) is 0 Å². The standard InChI is InChI=1S/C15H21N3O/c1-4-8-16-11-13-7-9-18(17-13)14-5-6-15(19-3)12(2)10-14/h5-7,9-10,16H,4,8,11H2,1-3H3. The maximum Gasteiger partial charge on any atom is 0.121 e. The van der Waals surface area contributed by atoms with Crippen LogP contribution in [0.2, 0.25) is 0 Å². The second kappa shape index (κ2) is 6.38. The molecule has 0 saturated carbocycles. The van der Waals surface area contributed by atoms with E-state index in [9.17, 15) is 0 Å². The Morgan fingerprint density at radius 3 is 2.84 bits per heavy atom. The van der Waals surface area contributed by atoms with Crippen LogP contribution in [0.25, 0.3) is 5.69 Å². The van der Waals surface area contributed by atoms with Gasteiger partial charge in [-0.15, -0.1) is 0 Å². The molecule has 102 valence electrons. The third-order valence-corrected chi connectivity index (χ3v) is 3.02. The van der Waals surface area contributed by atoms with Gasteiger partial charge in [-0.05, 0) is 49.7 Å². The summed E-state index contributed by atoms with van der Waals surface area (Å²) in [5, 5.41) is 7.91. The molecule has 2 rings (SSSR count). The highest BCUT2D eigenvalue weighted by molar-refractivity contribution is 5.43. The summed E-state index contributed by atoms with van der Waals surface area (Å²) in [5.41, 5.74) is 3.23. The van der Waals surface area contributed by atoms with Crippen molar-refractivity contribution in [3.05, 3.63) is 41.7 Å². The summed E-state index contributed by atoms with van der Waals surface area (Å²) in [6, 6.07) is 8.11. The van der Waals surface area contributed by atoms with E-state index in [1.54, 1.807) is 7.11 Å². The lowest BCUT2D eigenvalue weighted by molar-refractivity contribution is 0.411. The van der Waals surface area contributed by atoms with Gasteiger partial charge in [-0.1, -0.05) is 6.92 Å². The van der Waals surface area contributed by atoms with Crippen LogP contribution in [-0.2, 0) is 6.54 Å². The molecule has 4 nitrogen and oxygen atoms in total. The van der Waals surface area contributed by atoms with Crippen LogP contribution in [0.4, 0.5) is 0 Å². The van der Waals surface area contributed by atoms with Crippen molar-refractivity contribution in [2.24, 2.45) is 0 Å². The van der Waals surface area contributed by atoms with Gasteiger partial charge in [0.05, 0.1) is 18.5 Å². The molecule has 0 aliphatic carbocycles. The fourth-order valence-corrected chi connectivity index (χ4v) is 2.00. The number of nitrogens with zero attached hydrogens (tertiary/aromatic N) is 2. The number of methoxy groups -OCH3 is 1. The molecular formula is C15H21N3O. The van der Waals surface area contributed by atoms with Gasteiger partial charge in [0.1, 0.15) is 5.75 Å². The van der Waals surface area contributed by atoms with Crippen molar-refractivity contribution in [3.8, 4) is 11.4 Å². The third-order valence-electron chi connectivity index (χ3n) is 3.02. The number of nitrogens with one attached hydrogen (secondary N) is 1. The molecule has 0 aliphatic heterocycles. The first kappa shape index (κ1) is 13.6. The summed E-state index contributed by atoms with van der Waals surface area (Å²) in [6.07, 6.45) is 3.13. The van der Waals surface area contributed by atoms with Crippen LogP contribution in [0.1, 0.15) is 24.6 Å². The lowest BCUT2D eigenvalue weighted by Crippen LogP contribution is -2.14. The fraction of sp³-hybridized carbons (Fsp3) is 0.400. The Morgan fingerprint density at radius 2 is 2.16 bits per heavy atom. The molecule has 19 heavy (non-hydrogen) atoms. The Bertz CT molecular complexity index is 534. The summed E-state index contributed by atoms with van der Waals surface area (Å²) >= 11 is 0. The highest BCUT2D eigenvalue weighted by Crippen LogP contribution is 2.20. The monoisotopic (exact) mass is 259 g/mol. The molecule has 0 aliphatic rings. The lowest BCUT2D eigenvalue weighted by atomic mass is 10.2. The number of aromatic nitrogens is 2. The van der Waals surface area contributed by atoms with Gasteiger partial charge in [0.15, 0.2) is 0 Å². The number of hydrogen-bond donors (Lipinski definition) is 1. The lowest BCUT2D eigenvalue weighted by Gasteiger charge is -2.07. The molecule has 0 spiro atoms. The topological polar surface area (TPSA) is 39.1 Å². The van der Waals surface area contributed by atoms with Crippen LogP contribution in [0, 0.1) is 6.92 Å². The van der Waals surface area contributed by atoms with Crippen molar-refractivity contribution in [2.45, 2.75) is 26.8 Å². The highest BCUT2D eigenvalue weighted by Gasteiger charge is 2.04. The predicted molar refractivity (Wildman–Crippen MR) is 76.9 cm³/mol. The number of ether oxygens (including phenoxy) is 1. The molecule has 0 bridgehead atoms. The van der Waals surface area contributed by atoms with Crippen LogP contribution in [0.15, 0.2) is 30.5 Å². The maximum atomic E-state index is 5.27. The number of benzene rings is 1. The predicted octanol–water partition coefficient (Wildman–Crippen LogP) is 2.69. The molecule has 0 unspecified atom stereocenters. The number of hydrogen-bond acceptors (Lipinski definition) is 3. The molecule has 0 atom stereocenters. The van der Waals surface area contributed by atoms with Crippen molar-refractivity contribution in [3.63, 3.8) is 0 Å². The van der Waals surface area contributed by atoms with Crippen molar-refractivity contribution < 1.29 is 4.74 Å². The molecule has 1 aromatic carbocycles. The second-order valence-corrected chi connectivity index (χ2v) is 4.58. The molecular weight excluding hydrogens is 238 g/mol. The normalized spacial score (nSPS) is 10.7. The van der Waals surface area contributed by atoms with Crippen LogP contribution in [-0.4, -0.2) is 23.4 Å². The minimum atomic E-state index is 0.815. The summed E-state index contributed by atoms with van der Waals surface area (Å²) in [5.74, 6) is 0.903. The van der Waals surface area contributed by atoms with Gasteiger partial charge in [-0.2, -0.15) is 5.10 Å². The van der Waals surface area contributed by atoms with E-state index in [0.29, 0.717) is 0 Å². The van der Waals surface area contributed by atoms with Crippen LogP contribution in [0.3, 0.4) is 0 Å². The Morgan fingerprint density at radius 1 is 1.32 bits per heavy atom.